The molecule has 0 amide bonds. The summed E-state index contributed by atoms with van der Waals surface area (Å²) < 4.78 is 53.7. The molecule has 0 unspecified atom stereocenters. The van der Waals surface area contributed by atoms with Gasteiger partial charge in [0, 0.05) is 35.0 Å². The van der Waals surface area contributed by atoms with E-state index in [4.69, 9.17) is 9.47 Å². The maximum Gasteiger partial charge on any atom is 0.419 e. The van der Waals surface area contributed by atoms with Gasteiger partial charge >= 0.3 is 12.1 Å². The van der Waals surface area contributed by atoms with Crippen molar-refractivity contribution in [3.05, 3.63) is 103 Å². The molecule has 0 bridgehead atoms. The van der Waals surface area contributed by atoms with Gasteiger partial charge in [-0.2, -0.15) is 13.2 Å². The number of nitrogens with zero attached hydrogens (tertiary/aromatic N) is 3. The summed E-state index contributed by atoms with van der Waals surface area (Å²) in [5, 5.41) is 0.694. The van der Waals surface area contributed by atoms with Gasteiger partial charge in [-0.3, -0.25) is 4.98 Å². The van der Waals surface area contributed by atoms with E-state index in [9.17, 15) is 18.0 Å². The number of halogens is 3. The summed E-state index contributed by atoms with van der Waals surface area (Å²) in [7, 11) is 0. The van der Waals surface area contributed by atoms with Crippen molar-refractivity contribution in [2.75, 3.05) is 0 Å². The normalized spacial score (nSPS) is 11.6. The van der Waals surface area contributed by atoms with Gasteiger partial charge < -0.3 is 14.0 Å². The third-order valence-electron chi connectivity index (χ3n) is 5.75. The molecule has 5 aromatic rings. The zero-order valence-corrected chi connectivity index (χ0v) is 20.4. The number of benzene rings is 2. The number of esters is 1. The third-order valence-corrected chi connectivity index (χ3v) is 5.75. The summed E-state index contributed by atoms with van der Waals surface area (Å²) in [6.45, 7) is 3.75. The molecule has 2 aromatic carbocycles. The fourth-order valence-electron chi connectivity index (χ4n) is 4.26. The van der Waals surface area contributed by atoms with Crippen LogP contribution in [0.5, 0.6) is 11.6 Å². The van der Waals surface area contributed by atoms with Crippen LogP contribution in [0.4, 0.5) is 13.2 Å². The molecule has 0 N–H and O–H groups in total. The fraction of sp³-hybridized carbons (Fsp3) is 0.138. The molecule has 6 nitrogen and oxygen atoms in total. The van der Waals surface area contributed by atoms with E-state index in [0.29, 0.717) is 33.6 Å². The van der Waals surface area contributed by atoms with Crippen LogP contribution >= 0.6 is 0 Å². The molecule has 0 fully saturated rings. The van der Waals surface area contributed by atoms with E-state index in [2.05, 4.69) is 9.97 Å². The molecule has 3 heterocycles. The Morgan fingerprint density at radius 3 is 2.37 bits per heavy atom. The predicted octanol–water partition coefficient (Wildman–Crippen LogP) is 7.11. The molecule has 5 rings (SSSR count). The zero-order valence-electron chi connectivity index (χ0n) is 20.4. The standard InChI is InChI=1S/C29H22F3N3O3/c1-18(2)37-25-14-13-20(17-34-25)35-23-11-5-3-9-21(23)26(19-8-7-15-33-16-19)27(35)28(36)38-24-12-6-4-10-22(24)29(30,31)32/h3-18H,1-2H3. The Morgan fingerprint density at radius 2 is 1.68 bits per heavy atom. The summed E-state index contributed by atoms with van der Waals surface area (Å²) in [4.78, 5) is 22.3. The van der Waals surface area contributed by atoms with Gasteiger partial charge in [-0.15, -0.1) is 0 Å². The van der Waals surface area contributed by atoms with E-state index in [1.165, 1.54) is 18.3 Å². The fourth-order valence-corrected chi connectivity index (χ4v) is 4.26. The molecule has 0 spiro atoms. The van der Waals surface area contributed by atoms with E-state index in [-0.39, 0.29) is 11.8 Å². The van der Waals surface area contributed by atoms with Crippen LogP contribution in [0.15, 0.2) is 91.4 Å². The Hall–Kier alpha value is -4.66. The van der Waals surface area contributed by atoms with Crippen molar-refractivity contribution in [3.63, 3.8) is 0 Å². The average Bonchev–Trinajstić information content (AvgIpc) is 3.24. The largest absolute Gasteiger partial charge is 0.475 e. The topological polar surface area (TPSA) is 66.2 Å². The molecule has 0 saturated heterocycles. The number of hydrogen-bond donors (Lipinski definition) is 0. The van der Waals surface area contributed by atoms with Crippen molar-refractivity contribution in [2.24, 2.45) is 0 Å². The van der Waals surface area contributed by atoms with Crippen molar-refractivity contribution in [1.29, 1.82) is 0 Å². The van der Waals surface area contributed by atoms with E-state index in [1.54, 1.807) is 41.2 Å². The van der Waals surface area contributed by atoms with E-state index in [1.807, 2.05) is 38.1 Å². The number of para-hydroxylation sites is 2. The molecule has 0 aliphatic rings. The maximum absolute atomic E-state index is 13.8. The van der Waals surface area contributed by atoms with Crippen LogP contribution in [0.1, 0.15) is 29.9 Å². The smallest absolute Gasteiger partial charge is 0.419 e. The number of alkyl halides is 3. The van der Waals surface area contributed by atoms with Crippen molar-refractivity contribution in [2.45, 2.75) is 26.1 Å². The average molecular weight is 518 g/mol. The Balaban J connectivity index is 1.73. The Morgan fingerprint density at radius 1 is 0.921 bits per heavy atom. The summed E-state index contributed by atoms with van der Waals surface area (Å²) in [5.74, 6) is -1.15. The minimum Gasteiger partial charge on any atom is -0.475 e. The van der Waals surface area contributed by atoms with Gasteiger partial charge in [0.1, 0.15) is 11.4 Å². The second kappa shape index (κ2) is 10.0. The van der Waals surface area contributed by atoms with Crippen LogP contribution in [0, 0.1) is 0 Å². The van der Waals surface area contributed by atoms with Gasteiger partial charge in [-0.05, 0) is 44.2 Å². The van der Waals surface area contributed by atoms with E-state index in [0.717, 1.165) is 12.1 Å². The van der Waals surface area contributed by atoms with Gasteiger partial charge in [0.2, 0.25) is 5.88 Å². The third kappa shape index (κ3) is 4.82. The second-order valence-corrected chi connectivity index (χ2v) is 8.72. The number of aromatic nitrogens is 3. The molecule has 0 aliphatic carbocycles. The van der Waals surface area contributed by atoms with Gasteiger partial charge in [0.15, 0.2) is 0 Å². The van der Waals surface area contributed by atoms with Crippen LogP contribution in [0.3, 0.4) is 0 Å². The molecular formula is C29H22F3N3O3. The second-order valence-electron chi connectivity index (χ2n) is 8.72. The quantitative estimate of drug-likeness (QED) is 0.177. The van der Waals surface area contributed by atoms with Crippen molar-refractivity contribution in [3.8, 4) is 28.4 Å². The SMILES string of the molecule is CC(C)Oc1ccc(-n2c(C(=O)Oc3ccccc3C(F)(F)F)c(-c3cccnc3)c3ccccc32)cn1. The summed E-state index contributed by atoms with van der Waals surface area (Å²) in [6.07, 6.45) is -0.0666. The minimum absolute atomic E-state index is 0.0375. The molecule has 0 atom stereocenters. The molecule has 0 aliphatic heterocycles. The summed E-state index contributed by atoms with van der Waals surface area (Å²) in [5.41, 5.74) is 1.22. The highest BCUT2D eigenvalue weighted by atomic mass is 19.4. The van der Waals surface area contributed by atoms with Gasteiger partial charge in [-0.1, -0.05) is 36.4 Å². The first-order valence-corrected chi connectivity index (χ1v) is 11.8. The molecule has 38 heavy (non-hydrogen) atoms. The van der Waals surface area contributed by atoms with Crippen LogP contribution in [0.2, 0.25) is 0 Å². The molecule has 3 aromatic heterocycles. The number of carbonyl (C=O) groups is 1. The minimum atomic E-state index is -4.70. The van der Waals surface area contributed by atoms with E-state index < -0.39 is 23.5 Å². The van der Waals surface area contributed by atoms with Gasteiger partial charge in [-0.25, -0.2) is 9.78 Å². The first-order chi connectivity index (χ1) is 18.2. The van der Waals surface area contributed by atoms with Gasteiger partial charge in [0.25, 0.3) is 0 Å². The highest BCUT2D eigenvalue weighted by Gasteiger charge is 2.35. The Bertz CT molecular complexity index is 1600. The lowest BCUT2D eigenvalue weighted by Gasteiger charge is -2.15. The highest BCUT2D eigenvalue weighted by molar-refractivity contribution is 6.10. The van der Waals surface area contributed by atoms with Crippen LogP contribution < -0.4 is 9.47 Å². The predicted molar refractivity (Wildman–Crippen MR) is 136 cm³/mol. The lowest BCUT2D eigenvalue weighted by Crippen LogP contribution is -2.18. The van der Waals surface area contributed by atoms with Gasteiger partial charge in [0.05, 0.1) is 29.1 Å². The number of fused-ring (bicyclic) bond motifs is 1. The number of hydrogen-bond acceptors (Lipinski definition) is 5. The van der Waals surface area contributed by atoms with E-state index >= 15 is 0 Å². The Kier molecular flexibility index (Phi) is 6.59. The first kappa shape index (κ1) is 25.0. The summed E-state index contributed by atoms with van der Waals surface area (Å²) in [6, 6.07) is 18.8. The van der Waals surface area contributed by atoms with Crippen LogP contribution in [-0.2, 0) is 6.18 Å². The lowest BCUT2D eigenvalue weighted by atomic mass is 10.0. The Labute approximate surface area is 216 Å². The molecule has 9 heteroatoms. The van der Waals surface area contributed by atoms with Crippen LogP contribution in [0.25, 0.3) is 27.7 Å². The van der Waals surface area contributed by atoms with Crippen molar-refractivity contribution in [1.82, 2.24) is 14.5 Å². The molecule has 192 valence electrons. The summed E-state index contributed by atoms with van der Waals surface area (Å²) >= 11 is 0. The lowest BCUT2D eigenvalue weighted by molar-refractivity contribution is -0.138. The monoisotopic (exact) mass is 517 g/mol. The van der Waals surface area contributed by atoms with Crippen molar-refractivity contribution < 1.29 is 27.4 Å². The van der Waals surface area contributed by atoms with Crippen molar-refractivity contribution >= 4 is 16.9 Å². The first-order valence-electron chi connectivity index (χ1n) is 11.8. The number of carbonyl (C=O) groups excluding carboxylic acids is 1. The maximum atomic E-state index is 13.8. The molecule has 0 radical (unpaired) electrons. The number of ether oxygens (including phenoxy) is 2. The molecular weight excluding hydrogens is 495 g/mol. The molecule has 0 saturated carbocycles. The zero-order chi connectivity index (χ0) is 26.9. The van der Waals surface area contributed by atoms with Crippen LogP contribution in [-0.4, -0.2) is 26.6 Å². The number of rotatable bonds is 6. The number of pyridine rings is 2. The highest BCUT2D eigenvalue weighted by Crippen LogP contribution is 2.39.